The number of ether oxygens (including phenoxy) is 1. The van der Waals surface area contributed by atoms with E-state index >= 15 is 0 Å². The topological polar surface area (TPSA) is 34.1 Å². The Morgan fingerprint density at radius 3 is 3.22 bits per heavy atom. The molecule has 18 heavy (non-hydrogen) atoms. The van der Waals surface area contributed by atoms with Crippen LogP contribution in [0.4, 0.5) is 0 Å². The van der Waals surface area contributed by atoms with Gasteiger partial charge in [-0.25, -0.2) is 4.98 Å². The lowest BCUT2D eigenvalue weighted by Gasteiger charge is -2.28. The van der Waals surface area contributed by atoms with Gasteiger partial charge in [0.25, 0.3) is 0 Å². The summed E-state index contributed by atoms with van der Waals surface area (Å²) < 4.78 is 6.10. The van der Waals surface area contributed by atoms with Gasteiger partial charge in [0.15, 0.2) is 5.75 Å². The molecule has 1 aliphatic carbocycles. The Bertz CT molecular complexity index is 487. The number of halogens is 1. The van der Waals surface area contributed by atoms with E-state index in [2.05, 4.69) is 38.4 Å². The van der Waals surface area contributed by atoms with Crippen molar-refractivity contribution in [2.45, 2.75) is 12.8 Å². The van der Waals surface area contributed by atoms with Crippen molar-refractivity contribution in [1.82, 2.24) is 10.3 Å². The highest BCUT2D eigenvalue weighted by Crippen LogP contribution is 2.41. The van der Waals surface area contributed by atoms with Gasteiger partial charge in [-0.3, -0.25) is 0 Å². The summed E-state index contributed by atoms with van der Waals surface area (Å²) in [4.78, 5) is 4.36. The molecule has 1 aromatic rings. The molecular formula is C14H17BrN2O. The molecule has 0 radical (unpaired) electrons. The molecule has 96 valence electrons. The number of hydrogen-bond donors (Lipinski definition) is 1. The van der Waals surface area contributed by atoms with Crippen LogP contribution in [0.1, 0.15) is 18.4 Å². The third-order valence-electron chi connectivity index (χ3n) is 4.03. The maximum Gasteiger partial charge on any atom is 0.152 e. The van der Waals surface area contributed by atoms with Crippen LogP contribution in [-0.2, 0) is 0 Å². The van der Waals surface area contributed by atoms with Gasteiger partial charge in [-0.2, -0.15) is 0 Å². The maximum atomic E-state index is 5.33. The van der Waals surface area contributed by atoms with Gasteiger partial charge in [0.05, 0.1) is 7.11 Å². The molecule has 0 unspecified atom stereocenters. The zero-order valence-corrected chi connectivity index (χ0v) is 12.0. The van der Waals surface area contributed by atoms with Crippen LogP contribution in [0.5, 0.6) is 5.75 Å². The number of allylic oxidation sites excluding steroid dienone is 1. The van der Waals surface area contributed by atoms with Crippen LogP contribution in [0.25, 0.3) is 5.57 Å². The number of nitrogens with zero attached hydrogens (tertiary/aromatic N) is 1. The molecule has 1 aromatic heterocycles. The van der Waals surface area contributed by atoms with E-state index in [9.17, 15) is 0 Å². The molecule has 2 aliphatic rings. The van der Waals surface area contributed by atoms with Crippen LogP contribution in [0.3, 0.4) is 0 Å². The predicted octanol–water partition coefficient (Wildman–Crippen LogP) is 2.87. The number of piperidine rings is 1. The fourth-order valence-electron chi connectivity index (χ4n) is 3.05. The van der Waals surface area contributed by atoms with E-state index < -0.39 is 0 Å². The van der Waals surface area contributed by atoms with E-state index in [1.165, 1.54) is 24.0 Å². The third-order valence-corrected chi connectivity index (χ3v) is 4.62. The van der Waals surface area contributed by atoms with E-state index in [1.54, 1.807) is 7.11 Å². The minimum Gasteiger partial charge on any atom is -0.494 e. The quantitative estimate of drug-likeness (QED) is 0.853. The third kappa shape index (κ3) is 2.08. The second-order valence-corrected chi connectivity index (χ2v) is 5.72. The average molecular weight is 309 g/mol. The Morgan fingerprint density at radius 1 is 1.50 bits per heavy atom. The van der Waals surface area contributed by atoms with Crippen LogP contribution in [0, 0.1) is 11.8 Å². The van der Waals surface area contributed by atoms with Crippen molar-refractivity contribution in [2.75, 3.05) is 20.2 Å². The Balaban J connectivity index is 1.91. The van der Waals surface area contributed by atoms with Crippen molar-refractivity contribution >= 4 is 21.5 Å². The van der Waals surface area contributed by atoms with E-state index in [4.69, 9.17) is 4.74 Å². The molecule has 3 rings (SSSR count). The summed E-state index contributed by atoms with van der Waals surface area (Å²) in [5.74, 6) is 2.27. The van der Waals surface area contributed by atoms with Gasteiger partial charge in [-0.15, -0.1) is 0 Å². The highest BCUT2D eigenvalue weighted by Gasteiger charge is 2.32. The highest BCUT2D eigenvalue weighted by atomic mass is 79.9. The van der Waals surface area contributed by atoms with Crippen LogP contribution in [0.15, 0.2) is 22.9 Å². The molecule has 0 saturated carbocycles. The molecule has 1 aliphatic heterocycles. The van der Waals surface area contributed by atoms with Gasteiger partial charge in [0, 0.05) is 12.7 Å². The summed E-state index contributed by atoms with van der Waals surface area (Å²) >= 11 is 3.40. The van der Waals surface area contributed by atoms with Crippen LogP contribution < -0.4 is 10.1 Å². The van der Waals surface area contributed by atoms with Crippen LogP contribution in [0.2, 0.25) is 0 Å². The summed E-state index contributed by atoms with van der Waals surface area (Å²) in [6.45, 7) is 2.25. The lowest BCUT2D eigenvalue weighted by molar-refractivity contribution is 0.328. The van der Waals surface area contributed by atoms with E-state index in [0.717, 1.165) is 29.4 Å². The SMILES string of the molecule is COc1cc(C2=CC[C@@H]3CCNC[C@H]23)cnc1Br. The summed E-state index contributed by atoms with van der Waals surface area (Å²) in [5, 5.41) is 3.49. The number of methoxy groups -OCH3 is 1. The molecule has 0 aromatic carbocycles. The van der Waals surface area contributed by atoms with Crippen molar-refractivity contribution in [1.29, 1.82) is 0 Å². The Morgan fingerprint density at radius 2 is 2.39 bits per heavy atom. The number of aromatic nitrogens is 1. The average Bonchev–Trinajstić information content (AvgIpc) is 2.83. The van der Waals surface area contributed by atoms with Crippen molar-refractivity contribution in [2.24, 2.45) is 11.8 Å². The second kappa shape index (κ2) is 5.02. The fourth-order valence-corrected chi connectivity index (χ4v) is 3.43. The minimum atomic E-state index is 0.645. The number of fused-ring (bicyclic) bond motifs is 1. The molecule has 1 saturated heterocycles. The molecule has 3 nitrogen and oxygen atoms in total. The summed E-state index contributed by atoms with van der Waals surface area (Å²) in [7, 11) is 1.68. The molecule has 1 fully saturated rings. The second-order valence-electron chi connectivity index (χ2n) is 4.97. The molecule has 0 spiro atoms. The number of pyridine rings is 1. The lowest BCUT2D eigenvalue weighted by atomic mass is 9.84. The van der Waals surface area contributed by atoms with Gasteiger partial charge < -0.3 is 10.1 Å². The van der Waals surface area contributed by atoms with Crippen LogP contribution >= 0.6 is 15.9 Å². The smallest absolute Gasteiger partial charge is 0.152 e. The Kier molecular flexibility index (Phi) is 3.39. The van der Waals surface area contributed by atoms with Gasteiger partial charge in [-0.05, 0) is 64.4 Å². The first-order chi connectivity index (χ1) is 8.79. The van der Waals surface area contributed by atoms with Crippen LogP contribution in [-0.4, -0.2) is 25.2 Å². The summed E-state index contributed by atoms with van der Waals surface area (Å²) in [6.07, 6.45) is 6.81. The van der Waals surface area contributed by atoms with E-state index in [-0.39, 0.29) is 0 Å². The van der Waals surface area contributed by atoms with Crippen molar-refractivity contribution in [3.8, 4) is 5.75 Å². The monoisotopic (exact) mass is 308 g/mol. The minimum absolute atomic E-state index is 0.645. The lowest BCUT2D eigenvalue weighted by Crippen LogP contribution is -2.34. The molecule has 0 bridgehead atoms. The normalized spacial score (nSPS) is 26.7. The first-order valence-corrected chi connectivity index (χ1v) is 7.19. The first kappa shape index (κ1) is 12.2. The largest absolute Gasteiger partial charge is 0.494 e. The highest BCUT2D eigenvalue weighted by molar-refractivity contribution is 9.10. The molecule has 2 heterocycles. The standard InChI is InChI=1S/C14H17BrN2O/c1-18-13-6-10(7-17-14(13)15)11-3-2-9-4-5-16-8-12(9)11/h3,6-7,9,12,16H,2,4-5,8H2,1H3/t9-,12+/m1/s1. The van der Waals surface area contributed by atoms with E-state index in [1.807, 2.05) is 6.20 Å². The molecule has 1 N–H and O–H groups in total. The van der Waals surface area contributed by atoms with Gasteiger partial charge in [0.1, 0.15) is 4.60 Å². The molecule has 4 heteroatoms. The van der Waals surface area contributed by atoms with Gasteiger partial charge >= 0.3 is 0 Å². The van der Waals surface area contributed by atoms with Crippen molar-refractivity contribution in [3.05, 3.63) is 28.5 Å². The number of rotatable bonds is 2. The summed E-state index contributed by atoms with van der Waals surface area (Å²) in [5.41, 5.74) is 2.64. The first-order valence-electron chi connectivity index (χ1n) is 6.40. The van der Waals surface area contributed by atoms with Gasteiger partial charge in [0.2, 0.25) is 0 Å². The fraction of sp³-hybridized carbons (Fsp3) is 0.500. The zero-order valence-electron chi connectivity index (χ0n) is 10.4. The zero-order chi connectivity index (χ0) is 12.5. The number of nitrogens with one attached hydrogen (secondary N) is 1. The predicted molar refractivity (Wildman–Crippen MR) is 75.5 cm³/mol. The maximum absolute atomic E-state index is 5.33. The summed E-state index contributed by atoms with van der Waals surface area (Å²) in [6, 6.07) is 2.08. The van der Waals surface area contributed by atoms with Crippen molar-refractivity contribution < 1.29 is 4.74 Å². The van der Waals surface area contributed by atoms with Crippen molar-refractivity contribution in [3.63, 3.8) is 0 Å². The molecular weight excluding hydrogens is 292 g/mol. The molecule has 2 atom stereocenters. The number of hydrogen-bond acceptors (Lipinski definition) is 3. The Hall–Kier alpha value is -0.870. The molecule has 0 amide bonds. The van der Waals surface area contributed by atoms with Gasteiger partial charge in [-0.1, -0.05) is 6.08 Å². The Labute approximate surface area is 116 Å². The van der Waals surface area contributed by atoms with E-state index in [0.29, 0.717) is 5.92 Å².